The van der Waals surface area contributed by atoms with E-state index in [1.165, 1.54) is 0 Å². The number of nitrogens with two attached hydrogens (primary N) is 1. The number of nitrogens with one attached hydrogen (secondary N) is 2. The number of hydrogen-bond acceptors (Lipinski definition) is 3. The first-order valence-electron chi connectivity index (χ1n) is 5.70. The molecule has 1 aromatic carbocycles. The van der Waals surface area contributed by atoms with Gasteiger partial charge in [0.2, 0.25) is 0 Å². The fraction of sp³-hybridized carbons (Fsp3) is 0. The Bertz CT molecular complexity index is 867. The summed E-state index contributed by atoms with van der Waals surface area (Å²) >= 11 is 0. The van der Waals surface area contributed by atoms with Gasteiger partial charge < -0.3 is 15.7 Å². The molecule has 0 unspecified atom stereocenters. The zero-order valence-corrected chi connectivity index (χ0v) is 9.90. The number of nitriles is 1. The maximum Gasteiger partial charge on any atom is 0.268 e. The highest BCUT2D eigenvalue weighted by Gasteiger charge is 2.13. The molecule has 3 rings (SSSR count). The van der Waals surface area contributed by atoms with Gasteiger partial charge in [-0.05, 0) is 12.1 Å². The van der Waals surface area contributed by atoms with Crippen LogP contribution >= 0.6 is 0 Å². The maximum atomic E-state index is 11.8. The first-order valence-corrected chi connectivity index (χ1v) is 5.70. The molecule has 0 radical (unpaired) electrons. The Kier molecular flexibility index (Phi) is 2.36. The highest BCUT2D eigenvalue weighted by atomic mass is 16.1. The summed E-state index contributed by atoms with van der Waals surface area (Å²) in [6.07, 6.45) is 1.78. The minimum absolute atomic E-state index is 0.0685. The van der Waals surface area contributed by atoms with Crippen molar-refractivity contribution in [1.82, 2.24) is 9.97 Å². The lowest BCUT2D eigenvalue weighted by molar-refractivity contribution is 1.23. The molecule has 0 bridgehead atoms. The third-order valence-corrected chi connectivity index (χ3v) is 3.05. The van der Waals surface area contributed by atoms with E-state index in [0.717, 1.165) is 16.5 Å². The van der Waals surface area contributed by atoms with Crippen molar-refractivity contribution < 1.29 is 0 Å². The molecule has 0 saturated carbocycles. The molecule has 0 fully saturated rings. The molecular weight excluding hydrogens is 240 g/mol. The van der Waals surface area contributed by atoms with Gasteiger partial charge >= 0.3 is 0 Å². The van der Waals surface area contributed by atoms with E-state index >= 15 is 0 Å². The topological polar surface area (TPSA) is 98.5 Å². The number of benzene rings is 1. The number of fused-ring (bicyclic) bond motifs is 1. The molecular formula is C14H10N4O. The number of nitrogen functional groups attached to an aromatic ring is 1. The summed E-state index contributed by atoms with van der Waals surface area (Å²) < 4.78 is 0. The first-order chi connectivity index (χ1) is 9.20. The highest BCUT2D eigenvalue weighted by Crippen LogP contribution is 2.30. The Morgan fingerprint density at radius 2 is 2.00 bits per heavy atom. The van der Waals surface area contributed by atoms with Crippen molar-refractivity contribution in [1.29, 1.82) is 5.26 Å². The molecule has 5 nitrogen and oxygen atoms in total. The average Bonchev–Trinajstić information content (AvgIpc) is 2.81. The zero-order valence-electron chi connectivity index (χ0n) is 9.90. The lowest BCUT2D eigenvalue weighted by atomic mass is 10.0. The Balaban J connectivity index is 2.40. The van der Waals surface area contributed by atoms with Crippen LogP contribution < -0.4 is 11.3 Å². The van der Waals surface area contributed by atoms with Gasteiger partial charge in [-0.2, -0.15) is 5.26 Å². The van der Waals surface area contributed by atoms with Crippen LogP contribution in [-0.2, 0) is 0 Å². The number of rotatable bonds is 1. The number of pyridine rings is 1. The van der Waals surface area contributed by atoms with Crippen LogP contribution in [0.5, 0.6) is 0 Å². The Morgan fingerprint density at radius 1 is 1.21 bits per heavy atom. The van der Waals surface area contributed by atoms with Crippen LogP contribution in [-0.4, -0.2) is 9.97 Å². The second-order valence-corrected chi connectivity index (χ2v) is 4.20. The molecule has 3 aromatic rings. The van der Waals surface area contributed by atoms with Gasteiger partial charge in [-0.1, -0.05) is 18.2 Å². The molecule has 0 atom stereocenters. The smallest absolute Gasteiger partial charge is 0.268 e. The summed E-state index contributed by atoms with van der Waals surface area (Å²) in [7, 11) is 0. The van der Waals surface area contributed by atoms with E-state index in [4.69, 9.17) is 11.0 Å². The summed E-state index contributed by atoms with van der Waals surface area (Å²) in [6, 6.07) is 11.2. The van der Waals surface area contributed by atoms with E-state index in [1.54, 1.807) is 12.3 Å². The van der Waals surface area contributed by atoms with Crippen molar-refractivity contribution >= 4 is 16.7 Å². The van der Waals surface area contributed by atoms with E-state index in [0.29, 0.717) is 5.56 Å². The van der Waals surface area contributed by atoms with Crippen molar-refractivity contribution in [2.45, 2.75) is 0 Å². The van der Waals surface area contributed by atoms with E-state index in [2.05, 4.69) is 9.97 Å². The van der Waals surface area contributed by atoms with Crippen molar-refractivity contribution in [3.8, 4) is 17.2 Å². The monoisotopic (exact) mass is 250 g/mol. The normalized spacial score (nSPS) is 10.5. The maximum absolute atomic E-state index is 11.8. The lowest BCUT2D eigenvalue weighted by Crippen LogP contribution is -2.13. The van der Waals surface area contributed by atoms with Gasteiger partial charge in [0.15, 0.2) is 0 Å². The summed E-state index contributed by atoms with van der Waals surface area (Å²) in [5.41, 5.74) is 7.54. The van der Waals surface area contributed by atoms with Crippen LogP contribution in [0.1, 0.15) is 5.56 Å². The molecule has 4 N–H and O–H groups in total. The van der Waals surface area contributed by atoms with E-state index < -0.39 is 5.56 Å². The number of nitrogens with zero attached hydrogens (tertiary/aromatic N) is 1. The predicted molar refractivity (Wildman–Crippen MR) is 73.5 cm³/mol. The Hall–Kier alpha value is -3.00. The van der Waals surface area contributed by atoms with Gasteiger partial charge in [-0.15, -0.1) is 0 Å². The number of anilines is 1. The Morgan fingerprint density at radius 3 is 2.79 bits per heavy atom. The van der Waals surface area contributed by atoms with E-state index in [1.807, 2.05) is 30.3 Å². The fourth-order valence-corrected chi connectivity index (χ4v) is 2.20. The third kappa shape index (κ3) is 1.67. The number of hydrogen-bond donors (Lipinski definition) is 3. The quantitative estimate of drug-likeness (QED) is 0.615. The fourth-order valence-electron chi connectivity index (χ4n) is 2.20. The Labute approximate surface area is 108 Å². The molecule has 0 aliphatic rings. The summed E-state index contributed by atoms with van der Waals surface area (Å²) in [4.78, 5) is 17.3. The lowest BCUT2D eigenvalue weighted by Gasteiger charge is -2.03. The number of aromatic nitrogens is 2. The van der Waals surface area contributed by atoms with E-state index in [9.17, 15) is 4.79 Å². The number of para-hydroxylation sites is 1. The van der Waals surface area contributed by atoms with Crippen molar-refractivity contribution in [2.75, 3.05) is 5.73 Å². The van der Waals surface area contributed by atoms with E-state index in [-0.39, 0.29) is 11.4 Å². The van der Waals surface area contributed by atoms with Crippen molar-refractivity contribution in [3.05, 3.63) is 52.4 Å². The first kappa shape index (κ1) is 11.1. The molecule has 0 amide bonds. The SMILES string of the molecule is N#Cc1c(-c2c[nH]c3ccccc23)cc(N)[nH]c1=O. The zero-order chi connectivity index (χ0) is 13.4. The van der Waals surface area contributed by atoms with Gasteiger partial charge in [0.25, 0.3) is 5.56 Å². The molecule has 5 heteroatoms. The second-order valence-electron chi connectivity index (χ2n) is 4.20. The highest BCUT2D eigenvalue weighted by molar-refractivity contribution is 5.97. The van der Waals surface area contributed by atoms with Crippen molar-refractivity contribution in [3.63, 3.8) is 0 Å². The largest absolute Gasteiger partial charge is 0.385 e. The number of aromatic amines is 2. The van der Waals surface area contributed by atoms with Gasteiger partial charge in [0.05, 0.1) is 0 Å². The van der Waals surface area contributed by atoms with Gasteiger partial charge in [0, 0.05) is 28.2 Å². The summed E-state index contributed by atoms with van der Waals surface area (Å²) in [5, 5.41) is 10.1. The van der Waals surface area contributed by atoms with Crippen LogP contribution in [0.4, 0.5) is 5.82 Å². The van der Waals surface area contributed by atoms with Crippen LogP contribution in [0.15, 0.2) is 41.3 Å². The number of H-pyrrole nitrogens is 2. The minimum atomic E-state index is -0.470. The summed E-state index contributed by atoms with van der Waals surface area (Å²) in [5.74, 6) is 0.240. The van der Waals surface area contributed by atoms with Crippen LogP contribution in [0.25, 0.3) is 22.0 Å². The molecule has 2 aromatic heterocycles. The average molecular weight is 250 g/mol. The third-order valence-electron chi connectivity index (χ3n) is 3.05. The standard InChI is InChI=1S/C14H10N4O/c15-6-10-9(5-13(16)18-14(10)19)11-7-17-12-4-2-1-3-8(11)12/h1-5,7,17H,(H3,16,18,19). The molecule has 0 aliphatic carbocycles. The summed E-state index contributed by atoms with van der Waals surface area (Å²) in [6.45, 7) is 0. The molecule has 0 saturated heterocycles. The second kappa shape index (κ2) is 4.03. The van der Waals surface area contributed by atoms with Crippen LogP contribution in [0.2, 0.25) is 0 Å². The minimum Gasteiger partial charge on any atom is -0.385 e. The van der Waals surface area contributed by atoms with Crippen molar-refractivity contribution in [2.24, 2.45) is 0 Å². The van der Waals surface area contributed by atoms with Gasteiger partial charge in [-0.25, -0.2) is 0 Å². The van der Waals surface area contributed by atoms with Crippen LogP contribution in [0.3, 0.4) is 0 Å². The molecule has 19 heavy (non-hydrogen) atoms. The molecule has 92 valence electrons. The molecule has 0 spiro atoms. The van der Waals surface area contributed by atoms with Crippen LogP contribution in [0, 0.1) is 11.3 Å². The molecule has 2 heterocycles. The predicted octanol–water partition coefficient (Wildman–Crippen LogP) is 1.98. The molecule has 0 aliphatic heterocycles. The van der Waals surface area contributed by atoms with Gasteiger partial charge in [-0.3, -0.25) is 4.79 Å². The van der Waals surface area contributed by atoms with Gasteiger partial charge in [0.1, 0.15) is 17.5 Å².